The van der Waals surface area contributed by atoms with Crippen molar-refractivity contribution in [1.82, 2.24) is 9.55 Å². The standard InChI is InChI=1S/C20H18FN3O3/c1-26-16-8-7-12(9-17(16)27-2)13-10-18(25)23-20-19(13)22-11-24(20)15-6-4-3-5-14(15)21/h3-9,11,13H,10H2,1-2H3,(H,23,25)/t13-/m0/s1. The third-order valence-electron chi connectivity index (χ3n) is 4.70. The zero-order valence-electron chi connectivity index (χ0n) is 14.9. The highest BCUT2D eigenvalue weighted by atomic mass is 19.1. The van der Waals surface area contributed by atoms with Crippen LogP contribution in [0.3, 0.4) is 0 Å². The van der Waals surface area contributed by atoms with Gasteiger partial charge in [0.05, 0.1) is 25.6 Å². The van der Waals surface area contributed by atoms with Crippen molar-refractivity contribution in [3.63, 3.8) is 0 Å². The van der Waals surface area contributed by atoms with Gasteiger partial charge in [-0.15, -0.1) is 0 Å². The predicted molar refractivity (Wildman–Crippen MR) is 98.2 cm³/mol. The molecule has 1 aliphatic rings. The van der Waals surface area contributed by atoms with E-state index in [1.165, 1.54) is 12.4 Å². The van der Waals surface area contributed by atoms with Crippen LogP contribution in [0, 0.1) is 5.82 Å². The van der Waals surface area contributed by atoms with E-state index < -0.39 is 0 Å². The van der Waals surface area contributed by atoms with Gasteiger partial charge in [0, 0.05) is 12.3 Å². The lowest BCUT2D eigenvalue weighted by atomic mass is 9.89. The van der Waals surface area contributed by atoms with Crippen molar-refractivity contribution in [3.8, 4) is 17.2 Å². The van der Waals surface area contributed by atoms with E-state index in [1.807, 2.05) is 12.1 Å². The fourth-order valence-electron chi connectivity index (χ4n) is 3.38. The normalized spacial score (nSPS) is 15.8. The van der Waals surface area contributed by atoms with Crippen molar-refractivity contribution in [2.24, 2.45) is 0 Å². The molecule has 1 aromatic heterocycles. The second-order valence-corrected chi connectivity index (χ2v) is 6.22. The molecule has 0 fully saturated rings. The van der Waals surface area contributed by atoms with Crippen molar-refractivity contribution < 1.29 is 18.7 Å². The van der Waals surface area contributed by atoms with Crippen LogP contribution in [-0.2, 0) is 4.79 Å². The quantitative estimate of drug-likeness (QED) is 0.766. The molecule has 1 N–H and O–H groups in total. The molecule has 6 nitrogen and oxygen atoms in total. The summed E-state index contributed by atoms with van der Waals surface area (Å²) in [4.78, 5) is 16.8. The molecular formula is C20H18FN3O3. The van der Waals surface area contributed by atoms with E-state index in [0.717, 1.165) is 5.56 Å². The molecule has 138 valence electrons. The first-order valence-corrected chi connectivity index (χ1v) is 8.46. The maximum atomic E-state index is 14.2. The lowest BCUT2D eigenvalue weighted by molar-refractivity contribution is -0.116. The summed E-state index contributed by atoms with van der Waals surface area (Å²) in [5.74, 6) is 0.868. The number of carbonyl (C=O) groups excluding carboxylic acids is 1. The molecule has 1 aliphatic heterocycles. The molecule has 0 aliphatic carbocycles. The highest BCUT2D eigenvalue weighted by Gasteiger charge is 2.31. The number of methoxy groups -OCH3 is 2. The number of aromatic nitrogens is 2. The second-order valence-electron chi connectivity index (χ2n) is 6.22. The van der Waals surface area contributed by atoms with Gasteiger partial charge in [0.1, 0.15) is 18.0 Å². The third kappa shape index (κ3) is 2.91. The van der Waals surface area contributed by atoms with Crippen molar-refractivity contribution in [2.75, 3.05) is 19.5 Å². The lowest BCUT2D eigenvalue weighted by Crippen LogP contribution is -2.25. The number of carbonyl (C=O) groups is 1. The number of fused-ring (bicyclic) bond motifs is 1. The van der Waals surface area contributed by atoms with Gasteiger partial charge < -0.3 is 14.8 Å². The van der Waals surface area contributed by atoms with Gasteiger partial charge in [-0.25, -0.2) is 9.37 Å². The summed E-state index contributed by atoms with van der Waals surface area (Å²) in [6.45, 7) is 0. The first-order chi connectivity index (χ1) is 13.1. The highest BCUT2D eigenvalue weighted by Crippen LogP contribution is 2.40. The number of hydrogen-bond donors (Lipinski definition) is 1. The molecule has 0 saturated carbocycles. The molecule has 0 saturated heterocycles. The summed E-state index contributed by atoms with van der Waals surface area (Å²) >= 11 is 0. The molecule has 1 atom stereocenters. The summed E-state index contributed by atoms with van der Waals surface area (Å²) < 4.78 is 26.4. The van der Waals surface area contributed by atoms with Crippen molar-refractivity contribution in [1.29, 1.82) is 0 Å². The van der Waals surface area contributed by atoms with Gasteiger partial charge >= 0.3 is 0 Å². The number of anilines is 1. The van der Waals surface area contributed by atoms with E-state index in [9.17, 15) is 9.18 Å². The molecule has 2 aromatic carbocycles. The molecule has 0 bridgehead atoms. The Balaban J connectivity index is 1.81. The van der Waals surface area contributed by atoms with Crippen molar-refractivity contribution >= 4 is 11.7 Å². The van der Waals surface area contributed by atoms with Gasteiger partial charge in [-0.1, -0.05) is 18.2 Å². The number of nitrogens with zero attached hydrogens (tertiary/aromatic N) is 2. The summed E-state index contributed by atoms with van der Waals surface area (Å²) in [7, 11) is 3.13. The van der Waals surface area contributed by atoms with E-state index in [1.54, 1.807) is 43.1 Å². The van der Waals surface area contributed by atoms with E-state index in [4.69, 9.17) is 9.47 Å². The Hall–Kier alpha value is -3.35. The van der Waals surface area contributed by atoms with Crippen LogP contribution in [0.15, 0.2) is 48.8 Å². The van der Waals surface area contributed by atoms with E-state index in [-0.39, 0.29) is 24.1 Å². The second kappa shape index (κ2) is 6.75. The highest BCUT2D eigenvalue weighted by molar-refractivity contribution is 5.94. The third-order valence-corrected chi connectivity index (χ3v) is 4.70. The number of para-hydroxylation sites is 1. The van der Waals surface area contributed by atoms with Crippen LogP contribution in [0.5, 0.6) is 11.5 Å². The van der Waals surface area contributed by atoms with Gasteiger partial charge in [-0.2, -0.15) is 0 Å². The van der Waals surface area contributed by atoms with Crippen LogP contribution in [0.1, 0.15) is 23.6 Å². The number of imidazole rings is 1. The Labute approximate surface area is 155 Å². The van der Waals surface area contributed by atoms with E-state index in [0.29, 0.717) is 28.7 Å². The zero-order chi connectivity index (χ0) is 19.0. The van der Waals surface area contributed by atoms with Crippen LogP contribution in [0.4, 0.5) is 10.2 Å². The first-order valence-electron chi connectivity index (χ1n) is 8.46. The zero-order valence-corrected chi connectivity index (χ0v) is 14.9. The van der Waals surface area contributed by atoms with Crippen LogP contribution in [-0.4, -0.2) is 29.7 Å². The number of ether oxygens (including phenoxy) is 2. The SMILES string of the molecule is COc1ccc([C@@H]2CC(=O)Nc3c2ncn3-c2ccccc2F)cc1OC. The fraction of sp³-hybridized carbons (Fsp3) is 0.200. The van der Waals surface area contributed by atoms with Crippen LogP contribution in [0.25, 0.3) is 5.69 Å². The first kappa shape index (κ1) is 17.1. The van der Waals surface area contributed by atoms with E-state index in [2.05, 4.69) is 10.3 Å². The summed E-state index contributed by atoms with van der Waals surface area (Å²) in [6.07, 6.45) is 1.78. The molecule has 7 heteroatoms. The van der Waals surface area contributed by atoms with Crippen LogP contribution < -0.4 is 14.8 Å². The molecule has 3 aromatic rings. The molecule has 0 unspecified atom stereocenters. The van der Waals surface area contributed by atoms with Gasteiger partial charge in [-0.3, -0.25) is 9.36 Å². The fourth-order valence-corrected chi connectivity index (χ4v) is 3.38. The Bertz CT molecular complexity index is 1020. The molecule has 0 radical (unpaired) electrons. The minimum atomic E-state index is -0.389. The summed E-state index contributed by atoms with van der Waals surface area (Å²) in [6, 6.07) is 11.9. The Kier molecular flexibility index (Phi) is 4.27. The average molecular weight is 367 g/mol. The number of halogens is 1. The molecule has 2 heterocycles. The van der Waals surface area contributed by atoms with E-state index >= 15 is 0 Å². The smallest absolute Gasteiger partial charge is 0.226 e. The average Bonchev–Trinajstić information content (AvgIpc) is 3.10. The van der Waals surface area contributed by atoms with Gasteiger partial charge in [-0.05, 0) is 29.8 Å². The number of benzene rings is 2. The van der Waals surface area contributed by atoms with Crippen LogP contribution >= 0.6 is 0 Å². The maximum absolute atomic E-state index is 14.2. The minimum absolute atomic E-state index is 0.152. The molecule has 27 heavy (non-hydrogen) atoms. The van der Waals surface area contributed by atoms with Crippen LogP contribution in [0.2, 0.25) is 0 Å². The van der Waals surface area contributed by atoms with Gasteiger partial charge in [0.15, 0.2) is 11.5 Å². The topological polar surface area (TPSA) is 65.4 Å². The predicted octanol–water partition coefficient (Wildman–Crippen LogP) is 3.50. The largest absolute Gasteiger partial charge is 0.493 e. The van der Waals surface area contributed by atoms with Gasteiger partial charge in [0.25, 0.3) is 0 Å². The molecule has 1 amide bonds. The number of amides is 1. The Morgan fingerprint density at radius 3 is 2.67 bits per heavy atom. The molecule has 4 rings (SSSR count). The van der Waals surface area contributed by atoms with Crippen molar-refractivity contribution in [2.45, 2.75) is 12.3 Å². The Morgan fingerprint density at radius 2 is 1.93 bits per heavy atom. The van der Waals surface area contributed by atoms with Gasteiger partial charge in [0.2, 0.25) is 5.91 Å². The number of hydrogen-bond acceptors (Lipinski definition) is 4. The summed E-state index contributed by atoms with van der Waals surface area (Å²) in [5, 5.41) is 2.82. The minimum Gasteiger partial charge on any atom is -0.493 e. The monoisotopic (exact) mass is 367 g/mol. The van der Waals surface area contributed by atoms with Crippen molar-refractivity contribution in [3.05, 3.63) is 65.9 Å². The Morgan fingerprint density at radius 1 is 1.15 bits per heavy atom. The maximum Gasteiger partial charge on any atom is 0.226 e. The summed E-state index contributed by atoms with van der Waals surface area (Å²) in [5.41, 5.74) is 1.90. The number of nitrogens with one attached hydrogen (secondary N) is 1. The lowest BCUT2D eigenvalue weighted by Gasteiger charge is -2.24. The number of rotatable bonds is 4. The molecule has 0 spiro atoms. The molecular weight excluding hydrogens is 349 g/mol.